The summed E-state index contributed by atoms with van der Waals surface area (Å²) in [4.78, 5) is 18.4. The predicted molar refractivity (Wildman–Crippen MR) is 200 cm³/mol. The first-order valence-electron chi connectivity index (χ1n) is 18.9. The Kier molecular flexibility index (Phi) is 9.85. The number of anilines is 1. The van der Waals surface area contributed by atoms with Crippen molar-refractivity contribution in [2.45, 2.75) is 94.7 Å². The first-order valence-corrected chi connectivity index (χ1v) is 19.3. The molecule has 0 bridgehead atoms. The van der Waals surface area contributed by atoms with Crippen molar-refractivity contribution < 1.29 is 23.7 Å². The van der Waals surface area contributed by atoms with Gasteiger partial charge in [-0.25, -0.2) is 9.38 Å². The molecule has 2 aliphatic heterocycles. The SMILES string of the molecule is C=N/C(OC)=c1/c(N2CCOCC(C)(O)C2)nc(OCC23CCCC2N(C2CC(C#N)C2)CCC3)n/c1=C(\F)Cc1c(C2CC2)c(Cl)cc2[nH]ncc12. The zero-order chi connectivity index (χ0) is 36.9. The molecule has 2 aromatic heterocycles. The molecule has 14 heteroatoms. The van der Waals surface area contributed by atoms with Crippen LogP contribution in [0.2, 0.25) is 5.02 Å². The number of methoxy groups -OCH3 is 1. The Balaban J connectivity index is 1.25. The Morgan fingerprint density at radius 2 is 2.06 bits per heavy atom. The fourth-order valence-electron chi connectivity index (χ4n) is 9.48. The Morgan fingerprint density at radius 1 is 1.25 bits per heavy atom. The summed E-state index contributed by atoms with van der Waals surface area (Å²) >= 11 is 6.83. The maximum absolute atomic E-state index is 17.4. The molecule has 0 spiro atoms. The number of H-pyrrole nitrogens is 1. The van der Waals surface area contributed by atoms with Gasteiger partial charge in [0.15, 0.2) is 0 Å². The Bertz CT molecular complexity index is 2060. The number of nitrogens with one attached hydrogen (secondary N) is 1. The first-order chi connectivity index (χ1) is 25.6. The maximum atomic E-state index is 17.4. The normalized spacial score (nSPS) is 30.2. The highest BCUT2D eigenvalue weighted by atomic mass is 35.5. The molecular weight excluding hydrogens is 699 g/mol. The summed E-state index contributed by atoms with van der Waals surface area (Å²) in [5.41, 5.74) is 1.12. The van der Waals surface area contributed by atoms with Crippen LogP contribution >= 0.6 is 11.6 Å². The van der Waals surface area contributed by atoms with Crippen molar-refractivity contribution in [3.05, 3.63) is 39.0 Å². The zero-order valence-corrected chi connectivity index (χ0v) is 31.3. The molecule has 1 aromatic carbocycles. The number of rotatable bonds is 10. The quantitative estimate of drug-likeness (QED) is 0.284. The number of piperidine rings is 1. The van der Waals surface area contributed by atoms with Gasteiger partial charge < -0.3 is 24.2 Å². The van der Waals surface area contributed by atoms with Crippen LogP contribution in [0.15, 0.2) is 17.3 Å². The number of hydrogen-bond acceptors (Lipinski definition) is 11. The lowest BCUT2D eigenvalue weighted by Crippen LogP contribution is -2.58. The van der Waals surface area contributed by atoms with Crippen LogP contribution in [0.4, 0.5) is 10.2 Å². The molecule has 2 saturated heterocycles. The number of hydrogen-bond donors (Lipinski definition) is 2. The van der Waals surface area contributed by atoms with Crippen molar-refractivity contribution in [2.75, 3.05) is 51.5 Å². The van der Waals surface area contributed by atoms with E-state index in [1.807, 2.05) is 11.0 Å². The van der Waals surface area contributed by atoms with E-state index in [0.29, 0.717) is 42.7 Å². The van der Waals surface area contributed by atoms with Crippen LogP contribution in [0.3, 0.4) is 0 Å². The molecule has 12 nitrogen and oxygen atoms in total. The number of fused-ring (bicyclic) bond motifs is 2. The van der Waals surface area contributed by atoms with Gasteiger partial charge in [0, 0.05) is 46.8 Å². The smallest absolute Gasteiger partial charge is 0.319 e. The summed E-state index contributed by atoms with van der Waals surface area (Å²) in [5.74, 6) is 0.231. The van der Waals surface area contributed by atoms with E-state index in [0.717, 1.165) is 86.4 Å². The molecule has 3 aromatic rings. The van der Waals surface area contributed by atoms with Crippen LogP contribution in [0.25, 0.3) is 22.6 Å². The average Bonchev–Trinajstić information content (AvgIpc) is 3.73. The highest BCUT2D eigenvalue weighted by Gasteiger charge is 2.51. The number of nitriles is 1. The summed E-state index contributed by atoms with van der Waals surface area (Å²) in [6.07, 6.45) is 10.7. The fourth-order valence-corrected chi connectivity index (χ4v) is 9.85. The number of aromatic nitrogens is 4. The molecule has 0 radical (unpaired) electrons. The largest absolute Gasteiger partial charge is 0.480 e. The molecule has 53 heavy (non-hydrogen) atoms. The topological polar surface area (TPSA) is 145 Å². The minimum Gasteiger partial charge on any atom is -0.480 e. The number of benzene rings is 1. The molecule has 2 N–H and O–H groups in total. The summed E-state index contributed by atoms with van der Waals surface area (Å²) in [7, 11) is 1.45. The van der Waals surface area contributed by atoms with Crippen LogP contribution in [-0.2, 0) is 15.9 Å². The van der Waals surface area contributed by atoms with Gasteiger partial charge in [0.05, 0.1) is 51.3 Å². The number of likely N-dealkylation sites (tertiary alicyclic amines) is 1. The predicted octanol–water partition coefficient (Wildman–Crippen LogP) is 4.52. The van der Waals surface area contributed by atoms with Crippen LogP contribution in [0.1, 0.15) is 81.8 Å². The van der Waals surface area contributed by atoms with E-state index < -0.39 is 11.4 Å². The summed E-state index contributed by atoms with van der Waals surface area (Å²) in [6, 6.07) is 5.13. The summed E-state index contributed by atoms with van der Waals surface area (Å²) < 4.78 is 35.5. The zero-order valence-electron chi connectivity index (χ0n) is 30.5. The average molecular weight is 747 g/mol. The van der Waals surface area contributed by atoms with E-state index in [-0.39, 0.29) is 59.3 Å². The van der Waals surface area contributed by atoms with Gasteiger partial charge in [-0.3, -0.25) is 10.00 Å². The minimum atomic E-state index is -1.21. The summed E-state index contributed by atoms with van der Waals surface area (Å²) in [5, 5.41) is 29.5. The molecule has 3 unspecified atom stereocenters. The van der Waals surface area contributed by atoms with Gasteiger partial charge in [-0.1, -0.05) is 18.0 Å². The van der Waals surface area contributed by atoms with Gasteiger partial charge in [0.1, 0.15) is 27.8 Å². The molecule has 3 saturated carbocycles. The van der Waals surface area contributed by atoms with Gasteiger partial charge in [0.25, 0.3) is 0 Å². The third-order valence-corrected chi connectivity index (χ3v) is 12.5. The number of aliphatic hydroxyl groups is 1. The number of nitrogens with zero attached hydrogens (tertiary/aromatic N) is 7. The molecule has 3 aliphatic carbocycles. The lowest BCUT2D eigenvalue weighted by Gasteiger charge is -2.52. The molecule has 4 heterocycles. The van der Waals surface area contributed by atoms with Crippen molar-refractivity contribution >= 4 is 46.7 Å². The number of aromatic amines is 1. The van der Waals surface area contributed by atoms with Crippen LogP contribution in [0, 0.1) is 22.7 Å². The van der Waals surface area contributed by atoms with Gasteiger partial charge in [-0.2, -0.15) is 20.3 Å². The Morgan fingerprint density at radius 3 is 2.81 bits per heavy atom. The van der Waals surface area contributed by atoms with E-state index in [1.54, 1.807) is 13.1 Å². The Labute approximate surface area is 313 Å². The molecule has 3 atom stereocenters. The van der Waals surface area contributed by atoms with E-state index in [9.17, 15) is 10.4 Å². The van der Waals surface area contributed by atoms with E-state index in [2.05, 4.69) is 32.9 Å². The van der Waals surface area contributed by atoms with Gasteiger partial charge >= 0.3 is 6.01 Å². The molecular formula is C39H48ClFN8O4. The first kappa shape index (κ1) is 36.2. The van der Waals surface area contributed by atoms with Crippen molar-refractivity contribution in [3.63, 3.8) is 0 Å². The molecule has 8 rings (SSSR count). The van der Waals surface area contributed by atoms with Gasteiger partial charge in [0.2, 0.25) is 5.88 Å². The van der Waals surface area contributed by atoms with Gasteiger partial charge in [-0.05, 0) is 94.7 Å². The second kappa shape index (κ2) is 14.4. The second-order valence-corrected chi connectivity index (χ2v) is 16.4. The molecule has 5 fully saturated rings. The fraction of sp³-hybridized carbons (Fsp3) is 0.615. The van der Waals surface area contributed by atoms with Crippen molar-refractivity contribution in [1.29, 1.82) is 5.26 Å². The Hall–Kier alpha value is -3.83. The third kappa shape index (κ3) is 6.88. The standard InChI is InChI=1S/C39H48ClFN8O4/c1-38(50)20-48(12-13-52-21-38)35-33(36(43-2)51-3)34(29(41)16-26-27-19-44-47-30(27)17-28(40)32(26)24-7-8-24)45-37(46-35)53-22-39-9-4-6-31(39)49(11-5-10-39)25-14-23(15-25)18-42/h17,19,23-25,31,50H,2,4-16,20-22H2,1,3H3,(H,44,47)/b34-29-,36-33-. The molecule has 282 valence electrons. The highest BCUT2D eigenvalue weighted by molar-refractivity contribution is 6.32. The molecule has 5 aliphatic rings. The van der Waals surface area contributed by atoms with E-state index >= 15 is 4.39 Å². The highest BCUT2D eigenvalue weighted by Crippen LogP contribution is 2.51. The van der Waals surface area contributed by atoms with Crippen LogP contribution in [0.5, 0.6) is 6.01 Å². The van der Waals surface area contributed by atoms with E-state index in [1.165, 1.54) is 7.11 Å². The van der Waals surface area contributed by atoms with Crippen LogP contribution in [-0.4, -0.2) is 101 Å². The maximum Gasteiger partial charge on any atom is 0.319 e. The lowest BCUT2D eigenvalue weighted by molar-refractivity contribution is -0.0473. The van der Waals surface area contributed by atoms with E-state index in [4.69, 9.17) is 35.8 Å². The number of aliphatic imine (C=N–C) groups is 1. The minimum absolute atomic E-state index is 0.0137. The van der Waals surface area contributed by atoms with Crippen LogP contribution < -0.4 is 20.2 Å². The lowest BCUT2D eigenvalue weighted by atomic mass is 9.72. The molecule has 0 amide bonds. The van der Waals surface area contributed by atoms with Crippen molar-refractivity contribution in [1.82, 2.24) is 25.1 Å². The van der Waals surface area contributed by atoms with Crippen molar-refractivity contribution in [3.8, 4) is 12.1 Å². The number of β-amino-alcohol motifs (C(OH)–C–C–N with tert-alkyl or cyclic N) is 1. The van der Waals surface area contributed by atoms with Crippen molar-refractivity contribution in [2.24, 2.45) is 16.3 Å². The number of halogens is 2. The second-order valence-electron chi connectivity index (χ2n) is 16.0. The number of ether oxygens (including phenoxy) is 3. The van der Waals surface area contributed by atoms with Gasteiger partial charge in [-0.15, -0.1) is 0 Å². The monoisotopic (exact) mass is 746 g/mol. The summed E-state index contributed by atoms with van der Waals surface area (Å²) in [6.45, 7) is 7.85. The third-order valence-electron chi connectivity index (χ3n) is 12.2.